The van der Waals surface area contributed by atoms with Gasteiger partial charge in [-0.3, -0.25) is 9.59 Å². The normalized spacial score (nSPS) is 18.2. The van der Waals surface area contributed by atoms with E-state index in [9.17, 15) is 9.59 Å². The van der Waals surface area contributed by atoms with Crippen molar-refractivity contribution >= 4 is 17.8 Å². The number of rotatable bonds is 7. The van der Waals surface area contributed by atoms with E-state index in [-0.39, 0.29) is 30.3 Å². The van der Waals surface area contributed by atoms with Crippen molar-refractivity contribution < 1.29 is 9.59 Å². The Bertz CT molecular complexity index is 423. The van der Waals surface area contributed by atoms with Crippen LogP contribution in [0.15, 0.2) is 4.99 Å². The maximum absolute atomic E-state index is 12.0. The summed E-state index contributed by atoms with van der Waals surface area (Å²) in [6.07, 6.45) is 1.81. The van der Waals surface area contributed by atoms with E-state index >= 15 is 0 Å². The van der Waals surface area contributed by atoms with E-state index in [0.29, 0.717) is 19.0 Å². The maximum Gasteiger partial charge on any atom is 0.241 e. The molecular formula is C16H31N5O2. The fourth-order valence-electron chi connectivity index (χ4n) is 2.43. The van der Waals surface area contributed by atoms with Crippen LogP contribution in [-0.4, -0.2) is 61.4 Å². The van der Waals surface area contributed by atoms with Gasteiger partial charge in [-0.1, -0.05) is 20.8 Å². The first-order chi connectivity index (χ1) is 11.0. The molecule has 0 spiro atoms. The predicted octanol–water partition coefficient (Wildman–Crippen LogP) is 0.325. The molecule has 0 radical (unpaired) electrons. The molecule has 7 heteroatoms. The van der Waals surface area contributed by atoms with E-state index in [4.69, 9.17) is 0 Å². The van der Waals surface area contributed by atoms with Gasteiger partial charge in [0.25, 0.3) is 0 Å². The monoisotopic (exact) mass is 325 g/mol. The van der Waals surface area contributed by atoms with Crippen molar-refractivity contribution in [3.8, 4) is 0 Å². The minimum absolute atomic E-state index is 0.0258. The third-order valence-electron chi connectivity index (χ3n) is 3.63. The van der Waals surface area contributed by atoms with E-state index < -0.39 is 0 Å². The second-order valence-corrected chi connectivity index (χ2v) is 6.11. The Morgan fingerprint density at radius 3 is 2.61 bits per heavy atom. The summed E-state index contributed by atoms with van der Waals surface area (Å²) in [5.41, 5.74) is 0. The zero-order valence-corrected chi connectivity index (χ0v) is 14.8. The van der Waals surface area contributed by atoms with Crippen LogP contribution in [-0.2, 0) is 9.59 Å². The highest BCUT2D eigenvalue weighted by molar-refractivity contribution is 5.85. The molecule has 3 N–H and O–H groups in total. The first-order valence-corrected chi connectivity index (χ1v) is 8.58. The summed E-state index contributed by atoms with van der Waals surface area (Å²) in [6.45, 7) is 10.8. The Morgan fingerprint density at radius 2 is 2.00 bits per heavy atom. The first-order valence-electron chi connectivity index (χ1n) is 8.58. The molecule has 1 heterocycles. The lowest BCUT2D eigenvalue weighted by molar-refractivity contribution is -0.133. The molecule has 2 amide bonds. The van der Waals surface area contributed by atoms with Gasteiger partial charge in [0.2, 0.25) is 11.8 Å². The van der Waals surface area contributed by atoms with Gasteiger partial charge < -0.3 is 20.9 Å². The fourth-order valence-corrected chi connectivity index (χ4v) is 2.43. The summed E-state index contributed by atoms with van der Waals surface area (Å²) in [5, 5.41) is 9.26. The van der Waals surface area contributed by atoms with Crippen molar-refractivity contribution in [1.82, 2.24) is 20.9 Å². The number of nitrogens with zero attached hydrogens (tertiary/aromatic N) is 2. The van der Waals surface area contributed by atoms with Crippen LogP contribution in [0.2, 0.25) is 0 Å². The maximum atomic E-state index is 12.0. The molecule has 23 heavy (non-hydrogen) atoms. The average molecular weight is 325 g/mol. The van der Waals surface area contributed by atoms with Gasteiger partial charge in [-0.15, -0.1) is 0 Å². The number of guanidine groups is 1. The molecule has 0 aromatic heterocycles. The van der Waals surface area contributed by atoms with Crippen LogP contribution in [0.4, 0.5) is 0 Å². The zero-order chi connectivity index (χ0) is 17.2. The van der Waals surface area contributed by atoms with Crippen LogP contribution in [0.25, 0.3) is 0 Å². The van der Waals surface area contributed by atoms with Gasteiger partial charge in [-0.25, -0.2) is 4.99 Å². The van der Waals surface area contributed by atoms with E-state index in [2.05, 4.69) is 20.9 Å². The van der Waals surface area contributed by atoms with Crippen molar-refractivity contribution in [3.05, 3.63) is 0 Å². The highest BCUT2D eigenvalue weighted by Crippen LogP contribution is 2.12. The van der Waals surface area contributed by atoms with Crippen LogP contribution >= 0.6 is 0 Å². The third kappa shape index (κ3) is 6.88. The van der Waals surface area contributed by atoms with Crippen molar-refractivity contribution in [3.63, 3.8) is 0 Å². The van der Waals surface area contributed by atoms with E-state index in [1.54, 1.807) is 0 Å². The summed E-state index contributed by atoms with van der Waals surface area (Å²) in [5.74, 6) is 0.767. The summed E-state index contributed by atoms with van der Waals surface area (Å²) in [7, 11) is 0. The Balaban J connectivity index is 2.50. The van der Waals surface area contributed by atoms with Crippen LogP contribution in [0.5, 0.6) is 0 Å². The van der Waals surface area contributed by atoms with Gasteiger partial charge in [0.15, 0.2) is 5.96 Å². The van der Waals surface area contributed by atoms with Gasteiger partial charge in [-0.2, -0.15) is 0 Å². The standard InChI is InChI=1S/C16H31N5O2/c1-5-8-18-14(22)10-19-16(17-6-2)20-13-7-9-21(11-13)15(23)12(3)4/h12-13H,5-11H2,1-4H3,(H,18,22)(H2,17,19,20). The topological polar surface area (TPSA) is 85.8 Å². The molecule has 0 aromatic rings. The molecule has 7 nitrogen and oxygen atoms in total. The van der Waals surface area contributed by atoms with Crippen molar-refractivity contribution in [1.29, 1.82) is 0 Å². The van der Waals surface area contributed by atoms with E-state index in [1.807, 2.05) is 32.6 Å². The largest absolute Gasteiger partial charge is 0.357 e. The van der Waals surface area contributed by atoms with Gasteiger partial charge in [0.1, 0.15) is 6.54 Å². The number of aliphatic imine (C=N–C) groups is 1. The minimum atomic E-state index is -0.0768. The number of likely N-dealkylation sites (tertiary alicyclic amines) is 1. The van der Waals surface area contributed by atoms with Crippen LogP contribution in [0, 0.1) is 5.92 Å². The summed E-state index contributed by atoms with van der Waals surface area (Å²) < 4.78 is 0. The number of hydrogen-bond acceptors (Lipinski definition) is 3. The molecule has 1 rings (SSSR count). The second-order valence-electron chi connectivity index (χ2n) is 6.11. The van der Waals surface area contributed by atoms with Gasteiger partial charge in [0.05, 0.1) is 0 Å². The lowest BCUT2D eigenvalue weighted by atomic mass is 10.2. The van der Waals surface area contributed by atoms with E-state index in [1.165, 1.54) is 0 Å². The lowest BCUT2D eigenvalue weighted by Crippen LogP contribution is -2.45. The molecule has 1 atom stereocenters. The molecule has 0 bridgehead atoms. The zero-order valence-electron chi connectivity index (χ0n) is 14.8. The molecular weight excluding hydrogens is 294 g/mol. The first kappa shape index (κ1) is 19.3. The predicted molar refractivity (Wildman–Crippen MR) is 92.2 cm³/mol. The van der Waals surface area contributed by atoms with Gasteiger partial charge in [-0.05, 0) is 19.8 Å². The number of nitrogens with one attached hydrogen (secondary N) is 3. The van der Waals surface area contributed by atoms with E-state index in [0.717, 1.165) is 25.9 Å². The number of amides is 2. The highest BCUT2D eigenvalue weighted by atomic mass is 16.2. The van der Waals surface area contributed by atoms with Crippen molar-refractivity contribution in [2.75, 3.05) is 32.7 Å². The lowest BCUT2D eigenvalue weighted by Gasteiger charge is -2.20. The number of carbonyl (C=O) groups excluding carboxylic acids is 2. The SMILES string of the molecule is CCCNC(=O)CN=C(NCC)NC1CCN(C(=O)C(C)C)C1. The summed E-state index contributed by atoms with van der Waals surface area (Å²) >= 11 is 0. The molecule has 1 saturated heterocycles. The van der Waals surface area contributed by atoms with Crippen molar-refractivity contribution in [2.24, 2.45) is 10.9 Å². The quantitative estimate of drug-likeness (QED) is 0.465. The molecule has 1 aliphatic heterocycles. The van der Waals surface area contributed by atoms with Gasteiger partial charge in [0, 0.05) is 38.1 Å². The number of hydrogen-bond donors (Lipinski definition) is 3. The molecule has 1 aliphatic rings. The summed E-state index contributed by atoms with van der Waals surface area (Å²) in [6, 6.07) is 0.175. The summed E-state index contributed by atoms with van der Waals surface area (Å²) in [4.78, 5) is 29.9. The Morgan fingerprint density at radius 1 is 1.26 bits per heavy atom. The molecule has 1 unspecified atom stereocenters. The molecule has 132 valence electrons. The fraction of sp³-hybridized carbons (Fsp3) is 0.812. The average Bonchev–Trinajstić information content (AvgIpc) is 2.98. The molecule has 1 fully saturated rings. The Labute approximate surface area is 139 Å². The molecule has 0 aliphatic carbocycles. The molecule has 0 aromatic carbocycles. The Hall–Kier alpha value is -1.79. The minimum Gasteiger partial charge on any atom is -0.357 e. The highest BCUT2D eigenvalue weighted by Gasteiger charge is 2.27. The number of carbonyl (C=O) groups is 2. The smallest absolute Gasteiger partial charge is 0.241 e. The van der Waals surface area contributed by atoms with Crippen LogP contribution in [0.1, 0.15) is 40.5 Å². The van der Waals surface area contributed by atoms with Crippen molar-refractivity contribution in [2.45, 2.75) is 46.6 Å². The second kappa shape index (κ2) is 10.1. The molecule has 0 saturated carbocycles. The third-order valence-corrected chi connectivity index (χ3v) is 3.63. The van der Waals surface area contributed by atoms with Gasteiger partial charge >= 0.3 is 0 Å². The van der Waals surface area contributed by atoms with Crippen LogP contribution in [0.3, 0.4) is 0 Å². The Kier molecular flexibility index (Phi) is 8.43. The van der Waals surface area contributed by atoms with Crippen LogP contribution < -0.4 is 16.0 Å².